The van der Waals surface area contributed by atoms with Crippen LogP contribution in [0.25, 0.3) is 0 Å². The summed E-state index contributed by atoms with van der Waals surface area (Å²) < 4.78 is 10.8. The maximum atomic E-state index is 9.88. The third-order valence-corrected chi connectivity index (χ3v) is 4.11. The lowest BCUT2D eigenvalue weighted by molar-refractivity contribution is -0.0107. The molecule has 5 heteroatoms. The second-order valence-corrected chi connectivity index (χ2v) is 6.89. The fourth-order valence-electron chi connectivity index (χ4n) is 2.50. The molecule has 1 rings (SSSR count). The van der Waals surface area contributed by atoms with E-state index in [0.29, 0.717) is 31.8 Å². The van der Waals surface area contributed by atoms with Gasteiger partial charge in [-0.25, -0.2) is 0 Å². The van der Waals surface area contributed by atoms with Crippen LogP contribution in [0.4, 0.5) is 0 Å². The smallest absolute Gasteiger partial charge is 0.0897 e. The molecule has 0 amide bonds. The van der Waals surface area contributed by atoms with E-state index < -0.39 is 6.10 Å². The summed E-state index contributed by atoms with van der Waals surface area (Å²) >= 11 is 0. The predicted molar refractivity (Wildman–Crippen MR) is 85.6 cm³/mol. The molecule has 0 spiro atoms. The molecule has 0 aliphatic carbocycles. The van der Waals surface area contributed by atoms with Crippen LogP contribution >= 0.6 is 0 Å². The summed E-state index contributed by atoms with van der Waals surface area (Å²) in [6.07, 6.45) is 2.22. The molecule has 0 radical (unpaired) electrons. The number of aliphatic hydroxyl groups is 1. The van der Waals surface area contributed by atoms with Gasteiger partial charge < -0.3 is 24.8 Å². The van der Waals surface area contributed by atoms with Crippen LogP contribution in [0.15, 0.2) is 0 Å². The number of likely N-dealkylation sites (tertiary alicyclic amines) is 1. The van der Waals surface area contributed by atoms with Crippen LogP contribution in [0.2, 0.25) is 0 Å². The highest BCUT2D eigenvalue weighted by molar-refractivity contribution is 4.83. The molecule has 1 aliphatic heterocycles. The zero-order chi connectivity index (χ0) is 15.7. The fourth-order valence-corrected chi connectivity index (χ4v) is 2.50. The summed E-state index contributed by atoms with van der Waals surface area (Å²) in [6.45, 7) is 11.7. The van der Waals surface area contributed by atoms with E-state index in [4.69, 9.17) is 9.47 Å². The minimum atomic E-state index is -0.445. The molecule has 0 saturated carbocycles. The molecule has 2 N–H and O–H groups in total. The quantitative estimate of drug-likeness (QED) is 0.592. The molecule has 1 saturated heterocycles. The average molecular weight is 302 g/mol. The van der Waals surface area contributed by atoms with E-state index in [1.165, 1.54) is 25.9 Å². The van der Waals surface area contributed by atoms with Crippen molar-refractivity contribution in [1.82, 2.24) is 10.2 Å². The highest BCUT2D eigenvalue weighted by atomic mass is 16.5. The lowest BCUT2D eigenvalue weighted by Crippen LogP contribution is -2.44. The molecular weight excluding hydrogens is 268 g/mol. The van der Waals surface area contributed by atoms with Crippen LogP contribution < -0.4 is 5.32 Å². The zero-order valence-electron chi connectivity index (χ0n) is 14.2. The minimum Gasteiger partial charge on any atom is -0.389 e. The molecule has 21 heavy (non-hydrogen) atoms. The van der Waals surface area contributed by atoms with Gasteiger partial charge in [0.15, 0.2) is 0 Å². The highest BCUT2D eigenvalue weighted by Gasteiger charge is 2.28. The number of aliphatic hydroxyl groups excluding tert-OH is 1. The van der Waals surface area contributed by atoms with Gasteiger partial charge in [-0.2, -0.15) is 0 Å². The Balaban J connectivity index is 2.01. The first-order chi connectivity index (χ1) is 9.91. The molecule has 5 nitrogen and oxygen atoms in total. The molecule has 0 aromatic carbocycles. The number of ether oxygens (including phenoxy) is 2. The van der Waals surface area contributed by atoms with Gasteiger partial charge in [0, 0.05) is 13.1 Å². The number of nitrogens with zero attached hydrogens (tertiary/aromatic N) is 1. The molecule has 0 aromatic heterocycles. The third kappa shape index (κ3) is 8.73. The molecule has 1 fully saturated rings. The molecule has 0 aromatic rings. The second kappa shape index (κ2) is 9.74. The molecular formula is C16H34N2O3. The van der Waals surface area contributed by atoms with E-state index in [9.17, 15) is 5.11 Å². The normalized spacial score (nSPS) is 20.9. The summed E-state index contributed by atoms with van der Waals surface area (Å²) in [5, 5.41) is 13.3. The number of nitrogens with one attached hydrogen (secondary N) is 1. The van der Waals surface area contributed by atoms with Gasteiger partial charge in [0.2, 0.25) is 0 Å². The average Bonchev–Trinajstić information content (AvgIpc) is 2.42. The van der Waals surface area contributed by atoms with Crippen molar-refractivity contribution in [2.75, 3.05) is 53.0 Å². The van der Waals surface area contributed by atoms with E-state index in [0.717, 1.165) is 6.54 Å². The number of piperidine rings is 1. The third-order valence-electron chi connectivity index (χ3n) is 4.11. The van der Waals surface area contributed by atoms with E-state index in [-0.39, 0.29) is 6.10 Å². The van der Waals surface area contributed by atoms with Crippen LogP contribution in [0.3, 0.4) is 0 Å². The van der Waals surface area contributed by atoms with Crippen molar-refractivity contribution in [2.45, 2.75) is 45.8 Å². The Morgan fingerprint density at radius 1 is 1.24 bits per heavy atom. The summed E-state index contributed by atoms with van der Waals surface area (Å²) in [5.74, 6) is 0. The van der Waals surface area contributed by atoms with Gasteiger partial charge >= 0.3 is 0 Å². The summed E-state index contributed by atoms with van der Waals surface area (Å²) in [6, 6.07) is 0. The van der Waals surface area contributed by atoms with Crippen molar-refractivity contribution in [2.24, 2.45) is 5.41 Å². The number of hydrogen-bond acceptors (Lipinski definition) is 5. The number of hydrogen-bond donors (Lipinski definition) is 2. The maximum Gasteiger partial charge on any atom is 0.0897 e. The van der Waals surface area contributed by atoms with Gasteiger partial charge in [0.25, 0.3) is 0 Å². The highest BCUT2D eigenvalue weighted by Crippen LogP contribution is 2.29. The molecule has 1 aliphatic rings. The van der Waals surface area contributed by atoms with Crippen LogP contribution in [0.1, 0.15) is 33.6 Å². The van der Waals surface area contributed by atoms with Gasteiger partial charge in [0.1, 0.15) is 0 Å². The van der Waals surface area contributed by atoms with Crippen molar-refractivity contribution in [1.29, 1.82) is 0 Å². The van der Waals surface area contributed by atoms with Crippen molar-refractivity contribution in [3.63, 3.8) is 0 Å². The van der Waals surface area contributed by atoms with Crippen molar-refractivity contribution in [3.8, 4) is 0 Å². The summed E-state index contributed by atoms with van der Waals surface area (Å²) in [5.41, 5.74) is 0.359. The van der Waals surface area contributed by atoms with Crippen molar-refractivity contribution in [3.05, 3.63) is 0 Å². The molecule has 1 unspecified atom stereocenters. The van der Waals surface area contributed by atoms with Gasteiger partial charge in [-0.15, -0.1) is 0 Å². The van der Waals surface area contributed by atoms with Crippen LogP contribution in [0.5, 0.6) is 0 Å². The zero-order valence-corrected chi connectivity index (χ0v) is 14.2. The monoisotopic (exact) mass is 302 g/mol. The predicted octanol–water partition coefficient (Wildman–Crippen LogP) is 1.11. The maximum absolute atomic E-state index is 9.88. The first kappa shape index (κ1) is 18.8. The number of rotatable bonds is 10. The topological polar surface area (TPSA) is 54.0 Å². The first-order valence-corrected chi connectivity index (χ1v) is 8.18. The van der Waals surface area contributed by atoms with Gasteiger partial charge in [0.05, 0.1) is 32.0 Å². The second-order valence-electron chi connectivity index (χ2n) is 6.89. The lowest BCUT2D eigenvalue weighted by atomic mass is 9.80. The molecule has 1 heterocycles. The molecule has 0 bridgehead atoms. The minimum absolute atomic E-state index is 0.232. The Kier molecular flexibility index (Phi) is 8.74. The standard InChI is InChI=1S/C16H34N2O3/c1-14(2)21-10-9-20-12-15(19)11-17-13-16(3)5-7-18(4)8-6-16/h14-15,17,19H,5-13H2,1-4H3. The van der Waals surface area contributed by atoms with Crippen LogP contribution in [-0.2, 0) is 9.47 Å². The Labute approximate surface area is 130 Å². The van der Waals surface area contributed by atoms with Crippen LogP contribution in [-0.4, -0.2) is 75.3 Å². The van der Waals surface area contributed by atoms with Crippen molar-refractivity contribution < 1.29 is 14.6 Å². The Bertz CT molecular complexity index is 266. The van der Waals surface area contributed by atoms with E-state index in [1.54, 1.807) is 0 Å². The Morgan fingerprint density at radius 2 is 1.90 bits per heavy atom. The largest absolute Gasteiger partial charge is 0.389 e. The summed E-state index contributed by atoms with van der Waals surface area (Å²) in [7, 11) is 2.18. The Hall–Kier alpha value is -0.200. The van der Waals surface area contributed by atoms with Crippen molar-refractivity contribution >= 4 is 0 Å². The summed E-state index contributed by atoms with van der Waals surface area (Å²) in [4.78, 5) is 2.38. The molecule has 126 valence electrons. The van der Waals surface area contributed by atoms with Crippen LogP contribution in [0, 0.1) is 5.41 Å². The fraction of sp³-hybridized carbons (Fsp3) is 1.00. The van der Waals surface area contributed by atoms with Gasteiger partial charge in [-0.05, 0) is 52.2 Å². The Morgan fingerprint density at radius 3 is 2.52 bits per heavy atom. The SMILES string of the molecule is CC(C)OCCOCC(O)CNCC1(C)CCN(C)CC1. The van der Waals surface area contributed by atoms with Gasteiger partial charge in [-0.1, -0.05) is 6.92 Å². The first-order valence-electron chi connectivity index (χ1n) is 8.18. The van der Waals surface area contributed by atoms with E-state index >= 15 is 0 Å². The van der Waals surface area contributed by atoms with E-state index in [1.807, 2.05) is 13.8 Å². The lowest BCUT2D eigenvalue weighted by Gasteiger charge is -2.38. The van der Waals surface area contributed by atoms with Gasteiger partial charge in [-0.3, -0.25) is 0 Å². The molecule has 1 atom stereocenters. The van der Waals surface area contributed by atoms with E-state index in [2.05, 4.69) is 24.2 Å².